The highest BCUT2D eigenvalue weighted by Gasteiger charge is 2.27. The van der Waals surface area contributed by atoms with Crippen LogP contribution in [0, 0.1) is 5.92 Å². The molecule has 5 nitrogen and oxygen atoms in total. The second-order valence-corrected chi connectivity index (χ2v) is 5.81. The average molecular weight is 274 g/mol. The average Bonchev–Trinajstić information content (AvgIpc) is 2.86. The Morgan fingerprint density at radius 3 is 2.72 bits per heavy atom. The highest BCUT2D eigenvalue weighted by atomic mass is 32.2. The Hall–Kier alpha value is -0.750. The van der Waals surface area contributed by atoms with Gasteiger partial charge in [0.05, 0.1) is 19.6 Å². The molecule has 1 rings (SSSR count). The second kappa shape index (κ2) is 7.63. The molecule has 1 saturated heterocycles. The van der Waals surface area contributed by atoms with Gasteiger partial charge >= 0.3 is 5.97 Å². The summed E-state index contributed by atoms with van der Waals surface area (Å²) in [6.07, 6.45) is 0.259. The first-order valence-electron chi connectivity index (χ1n) is 6.21. The number of nitrogens with zero attached hydrogens (tertiary/aromatic N) is 1. The number of rotatable bonds is 6. The first-order valence-corrected chi connectivity index (χ1v) is 7.36. The summed E-state index contributed by atoms with van der Waals surface area (Å²) < 4.78 is 4.61. The van der Waals surface area contributed by atoms with Crippen LogP contribution in [0.4, 0.5) is 0 Å². The summed E-state index contributed by atoms with van der Waals surface area (Å²) in [7, 11) is 1.37. The van der Waals surface area contributed by atoms with E-state index in [9.17, 15) is 9.59 Å². The third-order valence-corrected chi connectivity index (χ3v) is 3.66. The van der Waals surface area contributed by atoms with Crippen LogP contribution in [0.25, 0.3) is 0 Å². The van der Waals surface area contributed by atoms with Crippen LogP contribution in [-0.4, -0.2) is 54.6 Å². The maximum Gasteiger partial charge on any atom is 0.307 e. The van der Waals surface area contributed by atoms with Gasteiger partial charge in [-0.25, -0.2) is 0 Å². The first-order chi connectivity index (χ1) is 8.54. The van der Waals surface area contributed by atoms with Crippen LogP contribution in [-0.2, 0) is 14.3 Å². The van der Waals surface area contributed by atoms with Gasteiger partial charge in [-0.3, -0.25) is 14.9 Å². The van der Waals surface area contributed by atoms with E-state index in [2.05, 4.69) is 23.9 Å². The standard InChI is InChI=1S/C12H22N2O3S/c1-9(2)6-14(5-4-11(15)17-3)12(16)10-7-18-8-13-10/h9-10,13H,4-8H2,1-3H3. The van der Waals surface area contributed by atoms with Crippen molar-refractivity contribution in [2.75, 3.05) is 31.8 Å². The molecular formula is C12H22N2O3S. The molecule has 0 bridgehead atoms. The molecule has 0 aromatic heterocycles. The smallest absolute Gasteiger partial charge is 0.307 e. The van der Waals surface area contributed by atoms with Crippen LogP contribution in [0.15, 0.2) is 0 Å². The Bertz CT molecular complexity index is 291. The zero-order valence-electron chi connectivity index (χ0n) is 11.3. The van der Waals surface area contributed by atoms with E-state index in [0.717, 1.165) is 11.6 Å². The minimum atomic E-state index is -0.273. The van der Waals surface area contributed by atoms with E-state index in [1.54, 1.807) is 16.7 Å². The molecule has 1 amide bonds. The molecule has 0 aliphatic carbocycles. The summed E-state index contributed by atoms with van der Waals surface area (Å²) in [6, 6.07) is -0.105. The molecule has 104 valence electrons. The Labute approximate surface area is 113 Å². The molecule has 1 unspecified atom stereocenters. The molecule has 0 spiro atoms. The number of nitrogens with one attached hydrogen (secondary N) is 1. The van der Waals surface area contributed by atoms with Gasteiger partial charge in [-0.1, -0.05) is 13.8 Å². The predicted molar refractivity (Wildman–Crippen MR) is 72.3 cm³/mol. The maximum absolute atomic E-state index is 12.3. The van der Waals surface area contributed by atoms with Gasteiger partial charge in [0, 0.05) is 24.7 Å². The fourth-order valence-corrected chi connectivity index (χ4v) is 2.77. The number of esters is 1. The van der Waals surface area contributed by atoms with Crippen LogP contribution in [0.2, 0.25) is 0 Å². The Kier molecular flexibility index (Phi) is 6.49. The third-order valence-electron chi connectivity index (χ3n) is 2.73. The van der Waals surface area contributed by atoms with Crippen molar-refractivity contribution in [1.82, 2.24) is 10.2 Å². The molecule has 0 saturated carbocycles. The molecule has 0 radical (unpaired) electrons. The monoisotopic (exact) mass is 274 g/mol. The maximum atomic E-state index is 12.3. The Morgan fingerprint density at radius 2 is 2.22 bits per heavy atom. The Morgan fingerprint density at radius 1 is 1.50 bits per heavy atom. The number of amides is 1. The van der Waals surface area contributed by atoms with Gasteiger partial charge in [-0.05, 0) is 5.92 Å². The Balaban J connectivity index is 2.53. The largest absolute Gasteiger partial charge is 0.469 e. The van der Waals surface area contributed by atoms with E-state index < -0.39 is 0 Å². The quantitative estimate of drug-likeness (QED) is 0.722. The van der Waals surface area contributed by atoms with Gasteiger partial charge in [-0.15, -0.1) is 11.8 Å². The molecule has 0 aromatic rings. The molecule has 1 heterocycles. The molecule has 18 heavy (non-hydrogen) atoms. The van der Waals surface area contributed by atoms with Gasteiger partial charge in [0.15, 0.2) is 0 Å². The molecule has 1 aliphatic rings. The van der Waals surface area contributed by atoms with Crippen molar-refractivity contribution in [3.8, 4) is 0 Å². The first kappa shape index (κ1) is 15.3. The fourth-order valence-electron chi connectivity index (χ4n) is 1.83. The minimum Gasteiger partial charge on any atom is -0.469 e. The summed E-state index contributed by atoms with van der Waals surface area (Å²) >= 11 is 1.73. The van der Waals surface area contributed by atoms with Gasteiger partial charge in [0.2, 0.25) is 5.91 Å². The van der Waals surface area contributed by atoms with Crippen LogP contribution in [0.5, 0.6) is 0 Å². The van der Waals surface area contributed by atoms with E-state index in [-0.39, 0.29) is 24.3 Å². The zero-order valence-corrected chi connectivity index (χ0v) is 12.1. The molecule has 1 N–H and O–H groups in total. The van der Waals surface area contributed by atoms with E-state index in [1.165, 1.54) is 7.11 Å². The fraction of sp³-hybridized carbons (Fsp3) is 0.833. The summed E-state index contributed by atoms with van der Waals surface area (Å²) in [5, 5.41) is 3.17. The molecule has 1 fully saturated rings. The van der Waals surface area contributed by atoms with Crippen LogP contribution in [0.1, 0.15) is 20.3 Å². The van der Waals surface area contributed by atoms with E-state index >= 15 is 0 Å². The predicted octanol–water partition coefficient (Wildman–Crippen LogP) is 0.697. The van der Waals surface area contributed by atoms with Crippen molar-refractivity contribution in [2.24, 2.45) is 5.92 Å². The van der Waals surface area contributed by atoms with Crippen molar-refractivity contribution in [3.05, 3.63) is 0 Å². The molecule has 1 atom stereocenters. The van der Waals surface area contributed by atoms with Gasteiger partial charge in [-0.2, -0.15) is 0 Å². The molecule has 1 aliphatic heterocycles. The third kappa shape index (κ3) is 4.86. The number of carbonyl (C=O) groups excluding carboxylic acids is 2. The lowest BCUT2D eigenvalue weighted by Gasteiger charge is -2.26. The van der Waals surface area contributed by atoms with E-state index in [0.29, 0.717) is 19.0 Å². The highest BCUT2D eigenvalue weighted by molar-refractivity contribution is 7.99. The zero-order chi connectivity index (χ0) is 13.5. The van der Waals surface area contributed by atoms with Crippen LogP contribution < -0.4 is 5.32 Å². The highest BCUT2D eigenvalue weighted by Crippen LogP contribution is 2.13. The number of ether oxygens (including phenoxy) is 1. The number of hydrogen-bond donors (Lipinski definition) is 1. The topological polar surface area (TPSA) is 58.6 Å². The van der Waals surface area contributed by atoms with Crippen molar-refractivity contribution < 1.29 is 14.3 Å². The van der Waals surface area contributed by atoms with Crippen LogP contribution >= 0.6 is 11.8 Å². The van der Waals surface area contributed by atoms with Crippen LogP contribution in [0.3, 0.4) is 0 Å². The molecular weight excluding hydrogens is 252 g/mol. The van der Waals surface area contributed by atoms with E-state index in [4.69, 9.17) is 0 Å². The van der Waals surface area contributed by atoms with Crippen molar-refractivity contribution in [1.29, 1.82) is 0 Å². The summed E-state index contributed by atoms with van der Waals surface area (Å²) in [5.41, 5.74) is 0. The summed E-state index contributed by atoms with van der Waals surface area (Å²) in [4.78, 5) is 25.2. The van der Waals surface area contributed by atoms with E-state index in [1.807, 2.05) is 0 Å². The lowest BCUT2D eigenvalue weighted by molar-refractivity contribution is -0.142. The number of hydrogen-bond acceptors (Lipinski definition) is 5. The van der Waals surface area contributed by atoms with Crippen molar-refractivity contribution in [2.45, 2.75) is 26.3 Å². The molecule has 0 aromatic carbocycles. The number of thioether (sulfide) groups is 1. The number of methoxy groups -OCH3 is 1. The van der Waals surface area contributed by atoms with Crippen molar-refractivity contribution >= 4 is 23.6 Å². The lowest BCUT2D eigenvalue weighted by atomic mass is 10.1. The molecule has 6 heteroatoms. The van der Waals surface area contributed by atoms with Crippen molar-refractivity contribution in [3.63, 3.8) is 0 Å². The normalized spacial score (nSPS) is 19.0. The summed E-state index contributed by atoms with van der Waals surface area (Å²) in [6.45, 7) is 5.25. The minimum absolute atomic E-state index is 0.0950. The van der Waals surface area contributed by atoms with Gasteiger partial charge in [0.1, 0.15) is 0 Å². The lowest BCUT2D eigenvalue weighted by Crippen LogP contribution is -2.47. The van der Waals surface area contributed by atoms with Gasteiger partial charge in [0.25, 0.3) is 0 Å². The van der Waals surface area contributed by atoms with Gasteiger partial charge < -0.3 is 9.64 Å². The number of carbonyl (C=O) groups is 2. The second-order valence-electron chi connectivity index (χ2n) is 4.78. The SMILES string of the molecule is COC(=O)CCN(CC(C)C)C(=O)C1CSCN1. The summed E-state index contributed by atoms with van der Waals surface area (Å²) in [5.74, 6) is 1.85.